The van der Waals surface area contributed by atoms with E-state index in [0.717, 1.165) is 10.0 Å². The highest BCUT2D eigenvalue weighted by atomic mass is 79.9. The fourth-order valence-corrected chi connectivity index (χ4v) is 2.86. The van der Waals surface area contributed by atoms with Gasteiger partial charge in [0.2, 0.25) is 5.91 Å². The van der Waals surface area contributed by atoms with E-state index in [1.807, 2.05) is 44.2 Å². The summed E-state index contributed by atoms with van der Waals surface area (Å²) in [6, 6.07) is 16.5. The molecule has 0 aliphatic carbocycles. The lowest BCUT2D eigenvalue weighted by Gasteiger charge is -2.25. The van der Waals surface area contributed by atoms with Crippen molar-refractivity contribution in [1.82, 2.24) is 5.32 Å². The summed E-state index contributed by atoms with van der Waals surface area (Å²) in [6.45, 7) is 3.69. The number of benzene rings is 2. The normalized spacial score (nSPS) is 12.5. The average molecular weight is 390 g/mol. The van der Waals surface area contributed by atoms with E-state index < -0.39 is 17.3 Å². The van der Waals surface area contributed by atoms with Gasteiger partial charge in [0.05, 0.1) is 11.3 Å². The fraction of sp³-hybridized carbons (Fsp3) is 0.263. The second-order valence-corrected chi connectivity index (χ2v) is 7.06. The first-order valence-electron chi connectivity index (χ1n) is 7.64. The monoisotopic (exact) mass is 389 g/mol. The van der Waals surface area contributed by atoms with Crippen LogP contribution in [0.3, 0.4) is 0 Å². The molecule has 1 atom stereocenters. The maximum absolute atomic E-state index is 12.6. The van der Waals surface area contributed by atoms with Crippen molar-refractivity contribution < 1.29 is 14.7 Å². The summed E-state index contributed by atoms with van der Waals surface area (Å²) in [6.07, 6.45) is 0. The van der Waals surface area contributed by atoms with E-state index >= 15 is 0 Å². The van der Waals surface area contributed by atoms with Crippen molar-refractivity contribution >= 4 is 27.8 Å². The minimum atomic E-state index is -0.957. The Labute approximate surface area is 150 Å². The summed E-state index contributed by atoms with van der Waals surface area (Å²) in [7, 11) is 0. The SMILES string of the molecule is CC(C)(C(=O)NCC(C(=O)O)c1ccccc1)c1cccc(Br)c1. The van der Waals surface area contributed by atoms with Crippen LogP contribution >= 0.6 is 15.9 Å². The first kappa shape index (κ1) is 18.2. The van der Waals surface area contributed by atoms with Crippen molar-refractivity contribution in [2.45, 2.75) is 25.2 Å². The molecule has 4 nitrogen and oxygen atoms in total. The first-order chi connectivity index (χ1) is 11.3. The summed E-state index contributed by atoms with van der Waals surface area (Å²) in [5, 5.41) is 12.2. The molecule has 2 aromatic carbocycles. The smallest absolute Gasteiger partial charge is 0.312 e. The number of halogens is 1. The van der Waals surface area contributed by atoms with Crippen molar-refractivity contribution in [3.8, 4) is 0 Å². The van der Waals surface area contributed by atoms with Gasteiger partial charge in [0, 0.05) is 11.0 Å². The van der Waals surface area contributed by atoms with Gasteiger partial charge in [0.1, 0.15) is 0 Å². The third kappa shape index (κ3) is 4.23. The third-order valence-electron chi connectivity index (χ3n) is 4.08. The standard InChI is InChI=1S/C19H20BrNO3/c1-19(2,14-9-6-10-15(20)11-14)18(24)21-12-16(17(22)23)13-7-4-3-5-8-13/h3-11,16H,12H2,1-2H3,(H,21,24)(H,22,23). The van der Waals surface area contributed by atoms with E-state index in [-0.39, 0.29) is 12.5 Å². The Morgan fingerprint density at radius 1 is 1.12 bits per heavy atom. The van der Waals surface area contributed by atoms with Crippen molar-refractivity contribution in [3.63, 3.8) is 0 Å². The molecule has 0 spiro atoms. The number of aliphatic carboxylic acids is 1. The zero-order chi connectivity index (χ0) is 17.7. The highest BCUT2D eigenvalue weighted by Crippen LogP contribution is 2.26. The molecule has 0 radical (unpaired) electrons. The van der Waals surface area contributed by atoms with Crippen LogP contribution in [0.2, 0.25) is 0 Å². The Kier molecular flexibility index (Phi) is 5.78. The van der Waals surface area contributed by atoms with Crippen molar-refractivity contribution in [2.75, 3.05) is 6.54 Å². The molecule has 0 saturated carbocycles. The number of carboxylic acids is 1. The van der Waals surface area contributed by atoms with Gasteiger partial charge >= 0.3 is 5.97 Å². The largest absolute Gasteiger partial charge is 0.481 e. The zero-order valence-electron chi connectivity index (χ0n) is 13.6. The topological polar surface area (TPSA) is 66.4 Å². The van der Waals surface area contributed by atoms with Crippen LogP contribution in [0.25, 0.3) is 0 Å². The molecule has 0 aromatic heterocycles. The number of carbonyl (C=O) groups is 2. The van der Waals surface area contributed by atoms with Gasteiger partial charge in [-0.2, -0.15) is 0 Å². The van der Waals surface area contributed by atoms with E-state index in [1.165, 1.54) is 0 Å². The molecule has 2 rings (SSSR count). The molecule has 2 N–H and O–H groups in total. The second-order valence-electron chi connectivity index (χ2n) is 6.15. The van der Waals surface area contributed by atoms with Crippen LogP contribution in [-0.2, 0) is 15.0 Å². The van der Waals surface area contributed by atoms with Crippen LogP contribution < -0.4 is 5.32 Å². The molecule has 5 heteroatoms. The first-order valence-corrected chi connectivity index (χ1v) is 8.44. The molecule has 0 fully saturated rings. The van der Waals surface area contributed by atoms with Crippen LogP contribution in [0.5, 0.6) is 0 Å². The minimum absolute atomic E-state index is 0.0512. The molecule has 0 aliphatic heterocycles. The molecule has 0 saturated heterocycles. The Bertz CT molecular complexity index is 728. The summed E-state index contributed by atoms with van der Waals surface area (Å²) in [4.78, 5) is 24.1. The van der Waals surface area contributed by atoms with Crippen LogP contribution in [0.4, 0.5) is 0 Å². The number of carboxylic acid groups (broad SMARTS) is 1. The number of amides is 1. The fourth-order valence-electron chi connectivity index (χ4n) is 2.46. The predicted octanol–water partition coefficient (Wildman–Crippen LogP) is 3.71. The third-order valence-corrected chi connectivity index (χ3v) is 4.57. The predicted molar refractivity (Wildman–Crippen MR) is 97.0 cm³/mol. The van der Waals surface area contributed by atoms with E-state index in [9.17, 15) is 14.7 Å². The Hall–Kier alpha value is -2.14. The molecule has 126 valence electrons. The maximum atomic E-state index is 12.6. The van der Waals surface area contributed by atoms with Gasteiger partial charge in [0.15, 0.2) is 0 Å². The van der Waals surface area contributed by atoms with Gasteiger partial charge < -0.3 is 10.4 Å². The van der Waals surface area contributed by atoms with Crippen LogP contribution in [-0.4, -0.2) is 23.5 Å². The Morgan fingerprint density at radius 3 is 2.38 bits per heavy atom. The van der Waals surface area contributed by atoms with Crippen LogP contribution in [0.15, 0.2) is 59.1 Å². The number of rotatable bonds is 6. The lowest BCUT2D eigenvalue weighted by Crippen LogP contribution is -2.42. The molecular formula is C19H20BrNO3. The summed E-state index contributed by atoms with van der Waals surface area (Å²) >= 11 is 3.41. The van der Waals surface area contributed by atoms with E-state index in [2.05, 4.69) is 21.2 Å². The summed E-state index contributed by atoms with van der Waals surface area (Å²) in [5.41, 5.74) is 0.773. The molecular weight excluding hydrogens is 370 g/mol. The summed E-state index contributed by atoms with van der Waals surface area (Å²) < 4.78 is 0.897. The number of hydrogen-bond donors (Lipinski definition) is 2. The molecule has 1 amide bonds. The number of nitrogens with one attached hydrogen (secondary N) is 1. The molecule has 0 heterocycles. The van der Waals surface area contributed by atoms with Gasteiger partial charge in [-0.25, -0.2) is 0 Å². The van der Waals surface area contributed by atoms with Gasteiger partial charge in [-0.15, -0.1) is 0 Å². The number of carbonyl (C=O) groups excluding carboxylic acids is 1. The lowest BCUT2D eigenvalue weighted by atomic mass is 9.83. The molecule has 2 aromatic rings. The molecule has 24 heavy (non-hydrogen) atoms. The van der Waals surface area contributed by atoms with E-state index in [4.69, 9.17) is 0 Å². The van der Waals surface area contributed by atoms with Crippen LogP contribution in [0.1, 0.15) is 30.9 Å². The quantitative estimate of drug-likeness (QED) is 0.790. The van der Waals surface area contributed by atoms with Gasteiger partial charge in [0.25, 0.3) is 0 Å². The highest BCUT2D eigenvalue weighted by molar-refractivity contribution is 9.10. The van der Waals surface area contributed by atoms with E-state index in [0.29, 0.717) is 5.56 Å². The summed E-state index contributed by atoms with van der Waals surface area (Å²) in [5.74, 6) is -1.93. The van der Waals surface area contributed by atoms with Gasteiger partial charge in [-0.1, -0.05) is 58.4 Å². The van der Waals surface area contributed by atoms with Crippen molar-refractivity contribution in [1.29, 1.82) is 0 Å². The lowest BCUT2D eigenvalue weighted by molar-refractivity contribution is -0.138. The number of hydrogen-bond acceptors (Lipinski definition) is 2. The molecule has 1 unspecified atom stereocenters. The van der Waals surface area contributed by atoms with Crippen molar-refractivity contribution in [2.24, 2.45) is 0 Å². The van der Waals surface area contributed by atoms with Gasteiger partial charge in [-0.05, 0) is 37.1 Å². The Balaban J connectivity index is 2.12. The van der Waals surface area contributed by atoms with E-state index in [1.54, 1.807) is 24.3 Å². The average Bonchev–Trinajstić information content (AvgIpc) is 2.55. The maximum Gasteiger partial charge on any atom is 0.312 e. The molecule has 0 aliphatic rings. The highest BCUT2D eigenvalue weighted by Gasteiger charge is 2.31. The second kappa shape index (κ2) is 7.62. The van der Waals surface area contributed by atoms with Gasteiger partial charge in [-0.3, -0.25) is 9.59 Å². The zero-order valence-corrected chi connectivity index (χ0v) is 15.2. The van der Waals surface area contributed by atoms with Crippen molar-refractivity contribution in [3.05, 3.63) is 70.2 Å². The van der Waals surface area contributed by atoms with Crippen LogP contribution in [0, 0.1) is 0 Å². The minimum Gasteiger partial charge on any atom is -0.481 e. The molecule has 0 bridgehead atoms. The Morgan fingerprint density at radius 2 is 1.79 bits per heavy atom.